The second-order valence-electron chi connectivity index (χ2n) is 6.61. The van der Waals surface area contributed by atoms with E-state index in [1.165, 1.54) is 6.20 Å². The molecule has 3 rings (SSSR count). The average molecular weight is 373 g/mol. The summed E-state index contributed by atoms with van der Waals surface area (Å²) in [6.07, 6.45) is 3.28. The van der Waals surface area contributed by atoms with Gasteiger partial charge in [-0.3, -0.25) is 14.8 Å². The van der Waals surface area contributed by atoms with Gasteiger partial charge in [0.15, 0.2) is 0 Å². The van der Waals surface area contributed by atoms with Crippen molar-refractivity contribution in [2.45, 2.75) is 31.7 Å². The largest absolute Gasteiger partial charge is 0.380 e. The number of methoxy groups -OCH3 is 1. The molecule has 1 fully saturated rings. The molecule has 7 nitrogen and oxygen atoms in total. The summed E-state index contributed by atoms with van der Waals surface area (Å²) < 4.78 is 19.2. The average Bonchev–Trinajstić information content (AvgIpc) is 2.65. The smallest absolute Gasteiger partial charge is 0.252 e. The van der Waals surface area contributed by atoms with E-state index < -0.39 is 12.1 Å². The predicted octanol–water partition coefficient (Wildman–Crippen LogP) is 1.42. The Morgan fingerprint density at radius 2 is 2.19 bits per heavy atom. The van der Waals surface area contributed by atoms with Gasteiger partial charge in [0.25, 0.3) is 5.91 Å². The summed E-state index contributed by atoms with van der Waals surface area (Å²) in [6.45, 7) is 1.52. The number of piperidine rings is 1. The maximum Gasteiger partial charge on any atom is 0.252 e. The minimum absolute atomic E-state index is 0.257. The molecule has 2 aromatic heterocycles. The standard InChI is InChI=1S/C19H24FN5O2/c1-27-11-12-2-3-13(23-8-12)6-14-7-18(15(9-24-14)19(21)26)25-17-4-5-22-10-16(17)20/h2-3,7-9,16-17,22H,4-6,10-11H2,1H3,(H2,21,26)(H,24,25)/t16-,17+/m0/s1. The highest BCUT2D eigenvalue weighted by Gasteiger charge is 2.25. The van der Waals surface area contributed by atoms with Gasteiger partial charge in [-0.15, -0.1) is 0 Å². The minimum atomic E-state index is -1.04. The number of nitrogens with one attached hydrogen (secondary N) is 2. The molecular formula is C19H24FN5O2. The summed E-state index contributed by atoms with van der Waals surface area (Å²) in [6, 6.07) is 5.24. The van der Waals surface area contributed by atoms with E-state index in [9.17, 15) is 9.18 Å². The minimum Gasteiger partial charge on any atom is -0.380 e. The summed E-state index contributed by atoms with van der Waals surface area (Å²) in [5.74, 6) is -0.595. The first kappa shape index (κ1) is 19.2. The van der Waals surface area contributed by atoms with Gasteiger partial charge in [0.2, 0.25) is 0 Å². The Balaban J connectivity index is 1.79. The number of hydrogen-bond acceptors (Lipinski definition) is 6. The number of rotatable bonds is 7. The van der Waals surface area contributed by atoms with Crippen molar-refractivity contribution in [3.63, 3.8) is 0 Å². The van der Waals surface area contributed by atoms with Crippen LogP contribution in [-0.4, -0.2) is 48.3 Å². The fraction of sp³-hybridized carbons (Fsp3) is 0.421. The normalized spacial score (nSPS) is 19.6. The van der Waals surface area contributed by atoms with Crippen LogP contribution in [0.15, 0.2) is 30.6 Å². The lowest BCUT2D eigenvalue weighted by molar-refractivity contribution is 0.100. The first-order valence-electron chi connectivity index (χ1n) is 8.89. The van der Waals surface area contributed by atoms with E-state index in [0.717, 1.165) is 23.5 Å². The van der Waals surface area contributed by atoms with Crippen LogP contribution in [0.5, 0.6) is 0 Å². The summed E-state index contributed by atoms with van der Waals surface area (Å²) in [7, 11) is 1.64. The third-order valence-electron chi connectivity index (χ3n) is 4.53. The summed E-state index contributed by atoms with van der Waals surface area (Å²) in [5.41, 5.74) is 8.77. The van der Waals surface area contributed by atoms with Crippen LogP contribution in [0, 0.1) is 0 Å². The molecule has 0 aromatic carbocycles. The molecule has 144 valence electrons. The number of halogens is 1. The molecule has 0 radical (unpaired) electrons. The Kier molecular flexibility index (Phi) is 6.31. The highest BCUT2D eigenvalue weighted by Crippen LogP contribution is 2.21. The number of pyridine rings is 2. The predicted molar refractivity (Wildman–Crippen MR) is 100 cm³/mol. The highest BCUT2D eigenvalue weighted by molar-refractivity contribution is 5.98. The maximum absolute atomic E-state index is 14.1. The van der Waals surface area contributed by atoms with Crippen LogP contribution in [0.3, 0.4) is 0 Å². The van der Waals surface area contributed by atoms with E-state index in [-0.39, 0.29) is 11.6 Å². The summed E-state index contributed by atoms with van der Waals surface area (Å²) >= 11 is 0. The molecule has 0 bridgehead atoms. The van der Waals surface area contributed by atoms with Gasteiger partial charge in [-0.1, -0.05) is 6.07 Å². The maximum atomic E-state index is 14.1. The molecule has 1 amide bonds. The van der Waals surface area contributed by atoms with Gasteiger partial charge in [0, 0.05) is 43.9 Å². The number of aromatic nitrogens is 2. The lowest BCUT2D eigenvalue weighted by atomic mass is 10.0. The van der Waals surface area contributed by atoms with E-state index in [1.807, 2.05) is 12.1 Å². The van der Waals surface area contributed by atoms with Gasteiger partial charge in [-0.25, -0.2) is 4.39 Å². The molecule has 3 heterocycles. The van der Waals surface area contributed by atoms with Crippen molar-refractivity contribution in [3.05, 3.63) is 53.1 Å². The van der Waals surface area contributed by atoms with Crippen molar-refractivity contribution in [2.75, 3.05) is 25.5 Å². The molecule has 8 heteroatoms. The van der Waals surface area contributed by atoms with Crippen LogP contribution < -0.4 is 16.4 Å². The number of carbonyl (C=O) groups is 1. The summed E-state index contributed by atoms with van der Waals surface area (Å²) in [5, 5.41) is 6.15. The molecule has 1 aliphatic rings. The Hall–Kier alpha value is -2.58. The van der Waals surface area contributed by atoms with Crippen LogP contribution >= 0.6 is 0 Å². The number of hydrogen-bond donors (Lipinski definition) is 3. The van der Waals surface area contributed by atoms with Crippen LogP contribution in [0.25, 0.3) is 0 Å². The van der Waals surface area contributed by atoms with E-state index in [2.05, 4.69) is 20.6 Å². The van der Waals surface area contributed by atoms with Gasteiger partial charge in [-0.2, -0.15) is 0 Å². The van der Waals surface area contributed by atoms with Gasteiger partial charge >= 0.3 is 0 Å². The molecule has 2 aromatic rings. The van der Waals surface area contributed by atoms with E-state index in [1.54, 1.807) is 19.4 Å². The molecule has 1 aliphatic heterocycles. The van der Waals surface area contributed by atoms with E-state index in [4.69, 9.17) is 10.5 Å². The quantitative estimate of drug-likeness (QED) is 0.679. The second-order valence-corrected chi connectivity index (χ2v) is 6.61. The van der Waals surface area contributed by atoms with Crippen molar-refractivity contribution >= 4 is 11.6 Å². The molecule has 0 aliphatic carbocycles. The number of ether oxygens (including phenoxy) is 1. The zero-order chi connectivity index (χ0) is 19.2. The van der Waals surface area contributed by atoms with Crippen LogP contribution in [-0.2, 0) is 17.8 Å². The topological polar surface area (TPSA) is 102 Å². The number of nitrogens with zero attached hydrogens (tertiary/aromatic N) is 2. The molecule has 0 spiro atoms. The fourth-order valence-corrected chi connectivity index (χ4v) is 3.09. The number of primary amides is 1. The van der Waals surface area contributed by atoms with E-state index >= 15 is 0 Å². The Labute approximate surface area is 157 Å². The molecule has 2 atom stereocenters. The molecule has 1 saturated heterocycles. The third-order valence-corrected chi connectivity index (χ3v) is 4.53. The number of amides is 1. The summed E-state index contributed by atoms with van der Waals surface area (Å²) in [4.78, 5) is 20.4. The Bertz CT molecular complexity index is 784. The number of alkyl halides is 1. The number of carbonyl (C=O) groups excluding carboxylic acids is 1. The Morgan fingerprint density at radius 3 is 2.85 bits per heavy atom. The number of anilines is 1. The van der Waals surface area contributed by atoms with Crippen molar-refractivity contribution in [3.8, 4) is 0 Å². The first-order chi connectivity index (χ1) is 13.1. The second kappa shape index (κ2) is 8.88. The van der Waals surface area contributed by atoms with Crippen LogP contribution in [0.4, 0.5) is 10.1 Å². The SMILES string of the molecule is COCc1ccc(Cc2cc(N[C@@H]3CCNC[C@@H]3F)c(C(N)=O)cn2)nc1. The highest BCUT2D eigenvalue weighted by atomic mass is 19.1. The Morgan fingerprint density at radius 1 is 1.37 bits per heavy atom. The van der Waals surface area contributed by atoms with Crippen molar-refractivity contribution in [1.29, 1.82) is 0 Å². The van der Waals surface area contributed by atoms with Gasteiger partial charge in [0.1, 0.15) is 6.17 Å². The zero-order valence-electron chi connectivity index (χ0n) is 15.2. The van der Waals surface area contributed by atoms with Crippen molar-refractivity contribution in [2.24, 2.45) is 5.73 Å². The molecule has 27 heavy (non-hydrogen) atoms. The third kappa shape index (κ3) is 4.99. The van der Waals surface area contributed by atoms with Crippen molar-refractivity contribution in [1.82, 2.24) is 15.3 Å². The van der Waals surface area contributed by atoms with Gasteiger partial charge in [0.05, 0.1) is 23.9 Å². The molecule has 4 N–H and O–H groups in total. The lowest BCUT2D eigenvalue weighted by Crippen LogP contribution is -2.45. The van der Waals surface area contributed by atoms with Crippen LogP contribution in [0.2, 0.25) is 0 Å². The van der Waals surface area contributed by atoms with E-state index in [0.29, 0.717) is 31.7 Å². The molecule has 0 unspecified atom stereocenters. The molecule has 0 saturated carbocycles. The van der Waals surface area contributed by atoms with Crippen LogP contribution in [0.1, 0.15) is 33.7 Å². The monoisotopic (exact) mass is 373 g/mol. The fourth-order valence-electron chi connectivity index (χ4n) is 3.09. The first-order valence-corrected chi connectivity index (χ1v) is 8.89. The molecular weight excluding hydrogens is 349 g/mol. The lowest BCUT2D eigenvalue weighted by Gasteiger charge is -2.29. The van der Waals surface area contributed by atoms with Crippen molar-refractivity contribution < 1.29 is 13.9 Å². The van der Waals surface area contributed by atoms with Gasteiger partial charge in [-0.05, 0) is 30.7 Å². The number of nitrogens with two attached hydrogens (primary N) is 1. The van der Waals surface area contributed by atoms with Gasteiger partial charge < -0.3 is 21.1 Å². The zero-order valence-corrected chi connectivity index (χ0v) is 15.2.